The smallest absolute Gasteiger partial charge is 0.339 e. The van der Waals surface area contributed by atoms with Crippen LogP contribution in [0, 0.1) is 0 Å². The number of hydrogen-bond acceptors (Lipinski definition) is 4. The summed E-state index contributed by atoms with van der Waals surface area (Å²) >= 11 is 5.97. The first-order valence-corrected chi connectivity index (χ1v) is 8.40. The van der Waals surface area contributed by atoms with E-state index in [1.807, 2.05) is 6.92 Å². The molecule has 0 bridgehead atoms. The fraction of sp³-hybridized carbons (Fsp3) is 0.462. The molecule has 0 aliphatic carbocycles. The Balaban J connectivity index is 2.79. The van der Waals surface area contributed by atoms with E-state index in [2.05, 4.69) is 0 Å². The van der Waals surface area contributed by atoms with Gasteiger partial charge in [0.1, 0.15) is 0 Å². The van der Waals surface area contributed by atoms with Crippen LogP contribution in [0.4, 0.5) is 0 Å². The third-order valence-electron chi connectivity index (χ3n) is 2.41. The largest absolute Gasteiger partial charge is 0.462 e. The highest BCUT2D eigenvalue weighted by Gasteiger charge is 2.13. The topological polar surface area (TPSA) is 60.4 Å². The number of halogens is 1. The van der Waals surface area contributed by atoms with E-state index in [0.717, 1.165) is 19.1 Å². The zero-order chi connectivity index (χ0) is 14.5. The quantitative estimate of drug-likeness (QED) is 0.599. The van der Waals surface area contributed by atoms with E-state index < -0.39 is 15.8 Å². The minimum Gasteiger partial charge on any atom is -0.462 e. The summed E-state index contributed by atoms with van der Waals surface area (Å²) in [6.07, 6.45) is 2.89. The zero-order valence-electron chi connectivity index (χ0n) is 11.0. The third kappa shape index (κ3) is 5.61. The monoisotopic (exact) mass is 304 g/mol. The summed E-state index contributed by atoms with van der Waals surface area (Å²) in [6.45, 7) is 2.36. The van der Waals surface area contributed by atoms with E-state index in [4.69, 9.17) is 16.3 Å². The first-order valence-electron chi connectivity index (χ1n) is 5.96. The van der Waals surface area contributed by atoms with E-state index >= 15 is 0 Å². The number of rotatable bonds is 6. The van der Waals surface area contributed by atoms with Gasteiger partial charge in [0, 0.05) is 6.26 Å². The molecule has 106 valence electrons. The van der Waals surface area contributed by atoms with Crippen molar-refractivity contribution in [3.8, 4) is 0 Å². The van der Waals surface area contributed by atoms with Gasteiger partial charge < -0.3 is 4.74 Å². The van der Waals surface area contributed by atoms with Crippen LogP contribution in [-0.2, 0) is 20.3 Å². The number of benzene rings is 1. The lowest BCUT2D eigenvalue weighted by Gasteiger charge is -2.07. The van der Waals surface area contributed by atoms with Crippen molar-refractivity contribution in [2.24, 2.45) is 0 Å². The molecule has 19 heavy (non-hydrogen) atoms. The van der Waals surface area contributed by atoms with Gasteiger partial charge in [-0.25, -0.2) is 13.2 Å². The van der Waals surface area contributed by atoms with Gasteiger partial charge in [0.05, 0.1) is 22.9 Å². The Kier molecular flexibility index (Phi) is 5.82. The van der Waals surface area contributed by atoms with Gasteiger partial charge in [-0.05, 0) is 24.1 Å². The number of carbonyl (C=O) groups is 1. The standard InChI is InChI=1S/C13H17ClO4S/c1-3-4-7-18-13(15)11-6-5-10(8-12(11)14)9-19(2,16)17/h5-6,8H,3-4,7,9H2,1-2H3. The molecule has 0 atom stereocenters. The van der Waals surface area contributed by atoms with Crippen molar-refractivity contribution in [2.75, 3.05) is 12.9 Å². The fourth-order valence-corrected chi connectivity index (χ4v) is 2.57. The molecular weight excluding hydrogens is 288 g/mol. The highest BCUT2D eigenvalue weighted by atomic mass is 35.5. The van der Waals surface area contributed by atoms with E-state index in [1.165, 1.54) is 12.1 Å². The Bertz CT molecular complexity index is 552. The summed E-state index contributed by atoms with van der Waals surface area (Å²) in [4.78, 5) is 11.7. The summed E-state index contributed by atoms with van der Waals surface area (Å²) < 4.78 is 27.4. The molecule has 0 amide bonds. The van der Waals surface area contributed by atoms with Gasteiger partial charge in [0.25, 0.3) is 0 Å². The maximum atomic E-state index is 11.7. The number of esters is 1. The second-order valence-corrected chi connectivity index (χ2v) is 6.92. The zero-order valence-corrected chi connectivity index (χ0v) is 12.6. The van der Waals surface area contributed by atoms with Crippen molar-refractivity contribution in [1.29, 1.82) is 0 Å². The molecule has 0 aromatic heterocycles. The predicted octanol–water partition coefficient (Wildman–Crippen LogP) is 2.84. The predicted molar refractivity (Wildman–Crippen MR) is 75.2 cm³/mol. The second kappa shape index (κ2) is 6.91. The van der Waals surface area contributed by atoms with Gasteiger partial charge >= 0.3 is 5.97 Å². The van der Waals surface area contributed by atoms with Crippen LogP contribution in [0.15, 0.2) is 18.2 Å². The molecular formula is C13H17ClO4S. The summed E-state index contributed by atoms with van der Waals surface area (Å²) in [5.41, 5.74) is 0.813. The molecule has 1 rings (SSSR count). The van der Waals surface area contributed by atoms with Crippen LogP contribution in [0.3, 0.4) is 0 Å². The van der Waals surface area contributed by atoms with Crippen molar-refractivity contribution in [2.45, 2.75) is 25.5 Å². The summed E-state index contributed by atoms with van der Waals surface area (Å²) in [7, 11) is -3.12. The highest BCUT2D eigenvalue weighted by molar-refractivity contribution is 7.89. The van der Waals surface area contributed by atoms with Crippen LogP contribution >= 0.6 is 11.6 Å². The van der Waals surface area contributed by atoms with Crippen LogP contribution in [0.25, 0.3) is 0 Å². The Morgan fingerprint density at radius 3 is 2.58 bits per heavy atom. The molecule has 1 aromatic rings. The van der Waals surface area contributed by atoms with Crippen molar-refractivity contribution in [3.63, 3.8) is 0 Å². The molecule has 1 aromatic carbocycles. The molecule has 0 radical (unpaired) electrons. The first-order chi connectivity index (χ1) is 8.83. The minimum atomic E-state index is -3.12. The van der Waals surface area contributed by atoms with E-state index in [9.17, 15) is 13.2 Å². The van der Waals surface area contributed by atoms with E-state index in [-0.39, 0.29) is 16.3 Å². The Morgan fingerprint density at radius 2 is 2.05 bits per heavy atom. The molecule has 0 aliphatic heterocycles. The van der Waals surface area contributed by atoms with Crippen molar-refractivity contribution >= 4 is 27.4 Å². The van der Waals surface area contributed by atoms with Crippen molar-refractivity contribution in [1.82, 2.24) is 0 Å². The average molecular weight is 305 g/mol. The molecule has 0 unspecified atom stereocenters. The molecule has 6 heteroatoms. The maximum Gasteiger partial charge on any atom is 0.339 e. The molecule has 0 saturated heterocycles. The van der Waals surface area contributed by atoms with E-state index in [1.54, 1.807) is 6.07 Å². The lowest BCUT2D eigenvalue weighted by Crippen LogP contribution is -2.08. The Labute approximate surface area is 118 Å². The Morgan fingerprint density at radius 1 is 1.37 bits per heavy atom. The van der Waals surface area contributed by atoms with Gasteiger partial charge in [-0.3, -0.25) is 0 Å². The summed E-state index contributed by atoms with van der Waals surface area (Å²) in [6, 6.07) is 4.56. The number of sulfone groups is 1. The minimum absolute atomic E-state index is 0.0993. The third-order valence-corrected chi connectivity index (χ3v) is 3.58. The number of unbranched alkanes of at least 4 members (excludes halogenated alkanes) is 1. The molecule has 0 spiro atoms. The van der Waals surface area contributed by atoms with Gasteiger partial charge in [-0.15, -0.1) is 0 Å². The maximum absolute atomic E-state index is 11.7. The van der Waals surface area contributed by atoms with Crippen LogP contribution in [-0.4, -0.2) is 27.2 Å². The first kappa shape index (κ1) is 16.0. The number of hydrogen-bond donors (Lipinski definition) is 0. The van der Waals surface area contributed by atoms with Crippen LogP contribution < -0.4 is 0 Å². The van der Waals surface area contributed by atoms with E-state index in [0.29, 0.717) is 12.2 Å². The Hall–Kier alpha value is -1.07. The normalized spacial score (nSPS) is 11.3. The average Bonchev–Trinajstić information content (AvgIpc) is 2.27. The summed E-state index contributed by atoms with van der Waals surface area (Å²) in [5, 5.41) is 0.211. The molecule has 0 aliphatic rings. The number of carbonyl (C=O) groups excluding carboxylic acids is 1. The highest BCUT2D eigenvalue weighted by Crippen LogP contribution is 2.20. The van der Waals surface area contributed by atoms with Crippen LogP contribution in [0.5, 0.6) is 0 Å². The summed E-state index contributed by atoms with van der Waals surface area (Å²) in [5.74, 6) is -0.581. The fourth-order valence-electron chi connectivity index (χ4n) is 1.50. The van der Waals surface area contributed by atoms with Gasteiger partial charge in [0.2, 0.25) is 0 Å². The van der Waals surface area contributed by atoms with Gasteiger partial charge in [0.15, 0.2) is 9.84 Å². The molecule has 0 saturated carbocycles. The second-order valence-electron chi connectivity index (χ2n) is 4.37. The lowest BCUT2D eigenvalue weighted by molar-refractivity contribution is 0.0500. The van der Waals surface area contributed by atoms with Crippen molar-refractivity contribution < 1.29 is 17.9 Å². The molecule has 0 heterocycles. The number of ether oxygens (including phenoxy) is 1. The van der Waals surface area contributed by atoms with Crippen LogP contribution in [0.2, 0.25) is 5.02 Å². The van der Waals surface area contributed by atoms with Crippen LogP contribution in [0.1, 0.15) is 35.7 Å². The SMILES string of the molecule is CCCCOC(=O)c1ccc(CS(C)(=O)=O)cc1Cl. The molecule has 0 N–H and O–H groups in total. The van der Waals surface area contributed by atoms with Gasteiger partial charge in [-0.1, -0.05) is 31.0 Å². The van der Waals surface area contributed by atoms with Gasteiger partial charge in [-0.2, -0.15) is 0 Å². The van der Waals surface area contributed by atoms with Crippen molar-refractivity contribution in [3.05, 3.63) is 34.3 Å². The molecule has 0 fully saturated rings. The molecule has 4 nitrogen and oxygen atoms in total. The lowest BCUT2D eigenvalue weighted by atomic mass is 10.1.